The molecule has 5 heterocycles. The molecule has 5 saturated heterocycles. The molecule has 3 aromatic carbocycles. The molecule has 36 heteroatoms. The first-order valence-electron chi connectivity index (χ1n) is 33.3. The van der Waals surface area contributed by atoms with Gasteiger partial charge in [0.15, 0.2) is 10.2 Å². The summed E-state index contributed by atoms with van der Waals surface area (Å²) in [5.41, 5.74) is -5.09. The van der Waals surface area contributed by atoms with Crippen LogP contribution in [0.2, 0.25) is 0 Å². The number of halogens is 12. The van der Waals surface area contributed by atoms with Gasteiger partial charge in [0.05, 0.1) is 84.3 Å². The van der Waals surface area contributed by atoms with Crippen molar-refractivity contribution in [2.75, 3.05) is 99.1 Å². The maximum atomic E-state index is 14.3. The Morgan fingerprint density at radius 3 is 1.43 bits per heavy atom. The Balaban J connectivity index is 0.000000250. The molecule has 22 nitrogen and oxygen atoms in total. The number of hydrogen-bond acceptors (Lipinski definition) is 17. The molecule has 0 bridgehead atoms. The predicted octanol–water partition coefficient (Wildman–Crippen LogP) is 9.27. The van der Waals surface area contributed by atoms with E-state index in [-0.39, 0.29) is 124 Å². The van der Waals surface area contributed by atoms with Crippen LogP contribution in [0.3, 0.4) is 0 Å². The lowest BCUT2D eigenvalue weighted by Gasteiger charge is -2.42. The normalized spacial score (nSPS) is 24.9. The lowest BCUT2D eigenvalue weighted by atomic mass is 9.89. The van der Waals surface area contributed by atoms with E-state index in [4.69, 9.17) is 44.3 Å². The first kappa shape index (κ1) is 79.3. The third-order valence-corrected chi connectivity index (χ3v) is 20.4. The number of rotatable bonds is 19. The highest BCUT2D eigenvalue weighted by Gasteiger charge is 2.55. The summed E-state index contributed by atoms with van der Waals surface area (Å²) in [5, 5.41) is 35.3. The summed E-state index contributed by atoms with van der Waals surface area (Å²) >= 11 is 11.3. The number of aliphatic carboxylic acids is 1. The average molecular weight is 1500 g/mol. The molecular weight excluding hydrogens is 1420 g/mol. The first-order valence-corrected chi connectivity index (χ1v) is 34.1. The number of piperazine rings is 2. The first-order chi connectivity index (χ1) is 48.2. The number of nitrogens with zero attached hydrogens (tertiary/aromatic N) is 10. The highest BCUT2D eigenvalue weighted by Crippen LogP contribution is 2.44. The van der Waals surface area contributed by atoms with E-state index in [1.807, 2.05) is 0 Å². The Labute approximate surface area is 596 Å². The highest BCUT2D eigenvalue weighted by molar-refractivity contribution is 7.80. The second kappa shape index (κ2) is 31.9. The van der Waals surface area contributed by atoms with Crippen molar-refractivity contribution >= 4 is 92.9 Å². The quantitative estimate of drug-likeness (QED) is 0.0496. The van der Waals surface area contributed by atoms with Gasteiger partial charge in [0.25, 0.3) is 11.8 Å². The fourth-order valence-electron chi connectivity index (χ4n) is 14.4. The van der Waals surface area contributed by atoms with E-state index in [1.165, 1.54) is 24.3 Å². The Morgan fingerprint density at radius 1 is 0.602 bits per heavy atom. The van der Waals surface area contributed by atoms with Crippen LogP contribution >= 0.6 is 24.4 Å². The number of thiocarbonyl (C=S) groups is 2. The molecule has 2 aliphatic carbocycles. The Morgan fingerprint density at radius 2 is 1.03 bits per heavy atom. The van der Waals surface area contributed by atoms with Gasteiger partial charge in [-0.2, -0.15) is 63.2 Å². The Bertz CT molecular complexity index is 3780. The molecule has 4 N–H and O–H groups in total. The Hall–Kier alpha value is -7.84. The summed E-state index contributed by atoms with van der Waals surface area (Å²) in [6.07, 6.45) is -14.1. The van der Waals surface area contributed by atoms with Crippen LogP contribution in [0.1, 0.15) is 114 Å². The fraction of sp³-hybridized carbons (Fsp3) is 0.582. The number of nitrogens with one attached hydrogen (secondary N) is 3. The van der Waals surface area contributed by atoms with E-state index in [0.717, 1.165) is 43.9 Å². The highest BCUT2D eigenvalue weighted by atomic mass is 32.1. The SMILES string of the molecule is CC1(C)C(=O)N(c2ccc(C#N)c(C(F)(F)F)c2)C(=S)N1C1CCC(OCCN2CCN(CC(=O)Nc3cccc(NC4CCC(=O)NC4=O)c3)C(C(F)(F)F)C2)CC1.CC1(C)C(=O)N(c2ccc(C#N)c(C(F)(F)F)c2)C(=S)N1C1CCC(OCCN2CCN(CC(=O)O)C(C(F)(F)F)C2)CC1. The van der Waals surface area contributed by atoms with E-state index in [9.17, 15) is 86.7 Å². The number of alkyl halides is 12. The van der Waals surface area contributed by atoms with Gasteiger partial charge < -0.3 is 35.0 Å². The van der Waals surface area contributed by atoms with Crippen LogP contribution in [0.15, 0.2) is 60.7 Å². The molecule has 0 radical (unpaired) electrons. The minimum absolute atomic E-state index is 0.0128. The second-order valence-electron chi connectivity index (χ2n) is 27.3. The second-order valence-corrected chi connectivity index (χ2v) is 28.0. The zero-order valence-electron chi connectivity index (χ0n) is 56.4. The smallest absolute Gasteiger partial charge is 0.417 e. The number of benzene rings is 3. The number of nitriles is 2. The van der Waals surface area contributed by atoms with Gasteiger partial charge in [-0.25, -0.2) is 0 Å². The number of anilines is 4. The van der Waals surface area contributed by atoms with Crippen LogP contribution in [-0.2, 0) is 50.6 Å². The molecule has 3 unspecified atom stereocenters. The predicted molar refractivity (Wildman–Crippen MR) is 357 cm³/mol. The van der Waals surface area contributed by atoms with Gasteiger partial charge in [0.2, 0.25) is 17.7 Å². The summed E-state index contributed by atoms with van der Waals surface area (Å²) in [5.74, 6) is -3.76. The molecule has 5 aliphatic heterocycles. The van der Waals surface area contributed by atoms with Crippen LogP contribution in [0.5, 0.6) is 0 Å². The van der Waals surface area contributed by atoms with Crippen molar-refractivity contribution in [1.82, 2.24) is 34.7 Å². The number of carbonyl (C=O) groups excluding carboxylic acids is 5. The Kier molecular flexibility index (Phi) is 24.5. The summed E-state index contributed by atoms with van der Waals surface area (Å²) in [4.78, 5) is 85.5. The zero-order valence-corrected chi connectivity index (χ0v) is 58.0. The standard InChI is InChI=1S/C39H44F6N8O5S.C28H33F6N5O4S/c1-37(2)35(57)52(27-7-6-23(20-46)29(19-27)38(40,41)42)36(59)53(37)26-8-10-28(11-9-26)58-17-16-50-14-15-51(31(21-50)39(43,44)45)22-33(55)48-25-5-3-4-24(18-25)47-30-12-13-32(54)49-34(30)56;1-26(2)24(42)38(19-4-3-17(14-35)21(13-19)27(29,30)31)25(44)39(26)18-5-7-20(8-6-18)43-12-11-36-9-10-37(16-23(40)41)22(15-36)28(32,33)34/h3-7,18-19,26,28,30-31,47H,8-17,21-22H2,1-2H3,(H,48,55)(H,49,54,56);3-4,13,18,20,22H,5-12,15-16H2,1-2H3,(H,40,41). The zero-order chi connectivity index (χ0) is 75.5. The van der Waals surface area contributed by atoms with E-state index >= 15 is 0 Å². The summed E-state index contributed by atoms with van der Waals surface area (Å²) < 4.78 is 177. The molecule has 560 valence electrons. The van der Waals surface area contributed by atoms with Crippen molar-refractivity contribution in [3.8, 4) is 12.1 Å². The number of piperidine rings is 1. The minimum atomic E-state index is -4.82. The average Bonchev–Trinajstić information content (AvgIpc) is 1.58. The number of imide groups is 1. The third-order valence-electron chi connectivity index (χ3n) is 19.7. The van der Waals surface area contributed by atoms with E-state index in [0.29, 0.717) is 69.2 Å². The van der Waals surface area contributed by atoms with Crippen LogP contribution < -0.4 is 25.8 Å². The van der Waals surface area contributed by atoms with Gasteiger partial charge in [-0.15, -0.1) is 0 Å². The number of hydrogen-bond donors (Lipinski definition) is 4. The lowest BCUT2D eigenvalue weighted by molar-refractivity contribution is -0.199. The van der Waals surface area contributed by atoms with Gasteiger partial charge >= 0.3 is 30.7 Å². The molecule has 7 aliphatic rings. The maximum absolute atomic E-state index is 14.3. The van der Waals surface area contributed by atoms with Crippen LogP contribution in [0, 0.1) is 22.7 Å². The summed E-state index contributed by atoms with van der Waals surface area (Å²) in [7, 11) is 0. The molecular formula is C67H77F12N13O9S2. The largest absolute Gasteiger partial charge is 0.480 e. The molecule has 3 atom stereocenters. The molecule has 7 fully saturated rings. The van der Waals surface area contributed by atoms with E-state index < -0.39 is 119 Å². The summed E-state index contributed by atoms with van der Waals surface area (Å²) in [6, 6.07) is 10.7. The summed E-state index contributed by atoms with van der Waals surface area (Å²) in [6.45, 7) is 6.12. The van der Waals surface area contributed by atoms with Crippen molar-refractivity contribution in [3.63, 3.8) is 0 Å². The number of carboxylic acid groups (broad SMARTS) is 1. The minimum Gasteiger partial charge on any atom is -0.480 e. The fourth-order valence-corrected chi connectivity index (χ4v) is 15.5. The molecule has 3 aromatic rings. The number of amides is 5. The topological polar surface area (TPSA) is 251 Å². The molecule has 103 heavy (non-hydrogen) atoms. The van der Waals surface area contributed by atoms with Gasteiger partial charge in [-0.05, 0) is 165 Å². The van der Waals surface area contributed by atoms with Crippen molar-refractivity contribution in [3.05, 3.63) is 82.9 Å². The van der Waals surface area contributed by atoms with E-state index in [1.54, 1.807) is 71.6 Å². The van der Waals surface area contributed by atoms with Crippen molar-refractivity contribution in [1.29, 1.82) is 10.5 Å². The number of carbonyl (C=O) groups is 6. The van der Waals surface area contributed by atoms with Crippen LogP contribution in [0.25, 0.3) is 0 Å². The van der Waals surface area contributed by atoms with Crippen LogP contribution in [-0.4, -0.2) is 225 Å². The lowest BCUT2D eigenvalue weighted by Crippen LogP contribution is -2.60. The molecule has 5 amide bonds. The number of ether oxygens (including phenoxy) is 2. The van der Waals surface area contributed by atoms with Gasteiger partial charge in [0.1, 0.15) is 29.2 Å². The molecule has 10 rings (SSSR count). The monoisotopic (exact) mass is 1500 g/mol. The number of carboxylic acids is 1. The van der Waals surface area contributed by atoms with Crippen LogP contribution in [0.4, 0.5) is 75.4 Å². The molecule has 2 saturated carbocycles. The van der Waals surface area contributed by atoms with Crippen molar-refractivity contribution in [2.24, 2.45) is 0 Å². The molecule has 0 aromatic heterocycles. The third kappa shape index (κ3) is 18.6. The van der Waals surface area contributed by atoms with Gasteiger partial charge in [0, 0.05) is 82.2 Å². The van der Waals surface area contributed by atoms with Crippen molar-refractivity contribution in [2.45, 2.75) is 170 Å². The maximum Gasteiger partial charge on any atom is 0.417 e. The van der Waals surface area contributed by atoms with Gasteiger partial charge in [-0.3, -0.25) is 63.5 Å². The molecule has 0 spiro atoms. The van der Waals surface area contributed by atoms with Gasteiger partial charge in [-0.1, -0.05) is 6.07 Å². The van der Waals surface area contributed by atoms with Crippen molar-refractivity contribution < 1.29 is 96.0 Å². The van der Waals surface area contributed by atoms with E-state index in [2.05, 4.69) is 16.0 Å².